The van der Waals surface area contributed by atoms with Gasteiger partial charge in [-0.05, 0) is 0 Å². The molecule has 3 rings (SSSR count). The molecule has 1 N–H and O–H groups in total. The number of carbonyl (C=O) groups excluding carboxylic acids is 3. The zero-order chi connectivity index (χ0) is 25.2. The molecule has 0 aliphatic carbocycles. The van der Waals surface area contributed by atoms with Crippen molar-refractivity contribution in [2.75, 3.05) is 6.61 Å². The minimum atomic E-state index is -1.11. The molecule has 0 spiro atoms. The smallest absolute Gasteiger partial charge is 0.308 e. The van der Waals surface area contributed by atoms with Gasteiger partial charge in [0, 0.05) is 0 Å². The third-order valence-electron chi connectivity index (χ3n) is 5.23. The lowest BCUT2D eigenvalue weighted by Crippen LogP contribution is -2.42. The van der Waals surface area contributed by atoms with E-state index in [-0.39, 0.29) is 23.7 Å². The highest BCUT2D eigenvalue weighted by molar-refractivity contribution is 5.73. The van der Waals surface area contributed by atoms with Crippen molar-refractivity contribution >= 4 is 29.1 Å². The monoisotopic (exact) mass is 482 g/mol. The van der Waals surface area contributed by atoms with E-state index in [2.05, 4.69) is 15.0 Å². The van der Waals surface area contributed by atoms with Crippen LogP contribution in [0.2, 0.25) is 0 Å². The summed E-state index contributed by atoms with van der Waals surface area (Å²) in [5, 5.41) is 0. The molecule has 2 aromatic heterocycles. The second-order valence-electron chi connectivity index (χ2n) is 9.02. The Morgan fingerprint density at radius 2 is 1.56 bits per heavy atom. The fourth-order valence-corrected chi connectivity index (χ4v) is 3.25. The highest BCUT2D eigenvalue weighted by Gasteiger charge is 2.52. The largest absolute Gasteiger partial charge is 0.463 e. The number of ether oxygens (including phenoxy) is 4. The Bertz CT molecular complexity index is 1110. The molecule has 0 saturated carbocycles. The van der Waals surface area contributed by atoms with Gasteiger partial charge in [-0.1, -0.05) is 41.5 Å². The third kappa shape index (κ3) is 5.27. The van der Waals surface area contributed by atoms with Crippen LogP contribution in [0.5, 0.6) is 0 Å². The number of imidazole rings is 1. The summed E-state index contributed by atoms with van der Waals surface area (Å²) in [5.41, 5.74) is -0.207. The number of nitrogens with one attached hydrogen (secondary N) is 1. The molecule has 3 heterocycles. The standard InChI is InChI=1S/C22H30N4O8/c1-10(2)20(28)31-7-13-15(33-21(29)11(3)4)16(34-22(30)12(5)6)19(32-13)26-9-25-14-17(26)23-8-24-18(14)27/h8-13,15-16,19H,7H2,1-6H3,(H,23,24,27)/t13-,15-,16-,19-/m1/s1/i23+1,24+1,25+1,26+1. The van der Waals surface area contributed by atoms with Crippen molar-refractivity contribution in [3.63, 3.8) is 0 Å². The average molecular weight is 482 g/mol. The number of rotatable bonds is 8. The van der Waals surface area contributed by atoms with Crippen molar-refractivity contribution < 1.29 is 33.3 Å². The Hall–Kier alpha value is -3.28. The average Bonchev–Trinajstić information content (AvgIpc) is 3.34. The van der Waals surface area contributed by atoms with Crippen LogP contribution in [0.1, 0.15) is 47.8 Å². The lowest BCUT2D eigenvalue weighted by Gasteiger charge is -2.26. The maximum absolute atomic E-state index is 12.6. The number of hydrogen-bond acceptors (Lipinski definition) is 10. The highest BCUT2D eigenvalue weighted by atomic mass is 16.7. The number of H-pyrrole nitrogens is 1. The van der Waals surface area contributed by atoms with Crippen molar-refractivity contribution in [1.29, 1.82) is 0 Å². The number of aromatic amines is 1. The van der Waals surface area contributed by atoms with E-state index in [1.54, 1.807) is 41.5 Å². The zero-order valence-electron chi connectivity index (χ0n) is 20.0. The summed E-state index contributed by atoms with van der Waals surface area (Å²) in [6.45, 7) is 9.79. The molecular weight excluding hydrogens is 452 g/mol. The molecule has 1 saturated heterocycles. The van der Waals surface area contributed by atoms with E-state index in [1.165, 1.54) is 17.2 Å². The van der Waals surface area contributed by atoms with Crippen LogP contribution < -0.4 is 5.56 Å². The SMILES string of the molecule is CC(C)C(=O)OC[C@H]1O[C@@H]([15n]2c[15n]c3c(=O)[15nH]c[15n]c32)[C@H](OC(=O)C(C)C)[C@@H]1OC(=O)C(C)C. The maximum Gasteiger partial charge on any atom is 0.308 e. The summed E-state index contributed by atoms with van der Waals surface area (Å²) >= 11 is 0. The summed E-state index contributed by atoms with van der Waals surface area (Å²) in [4.78, 5) is 60.0. The molecule has 0 unspecified atom stereocenters. The fourth-order valence-electron chi connectivity index (χ4n) is 3.25. The predicted octanol–water partition coefficient (Wildman–Crippen LogP) is 1.35. The van der Waals surface area contributed by atoms with Gasteiger partial charge in [0.15, 0.2) is 29.6 Å². The quantitative estimate of drug-likeness (QED) is 0.431. The van der Waals surface area contributed by atoms with Gasteiger partial charge in [0.05, 0.1) is 30.4 Å². The number of esters is 3. The maximum atomic E-state index is 12.6. The zero-order valence-corrected chi connectivity index (χ0v) is 20.0. The lowest BCUT2D eigenvalue weighted by atomic mass is 10.1. The first kappa shape index (κ1) is 25.3. The van der Waals surface area contributed by atoms with E-state index in [0.29, 0.717) is 0 Å². The van der Waals surface area contributed by atoms with Gasteiger partial charge in [0.2, 0.25) is 0 Å². The predicted molar refractivity (Wildman–Crippen MR) is 117 cm³/mol. The van der Waals surface area contributed by atoms with Crippen LogP contribution in [0.3, 0.4) is 0 Å². The summed E-state index contributed by atoms with van der Waals surface area (Å²) in [7, 11) is 0. The van der Waals surface area contributed by atoms with Crippen LogP contribution in [0, 0.1) is 17.8 Å². The van der Waals surface area contributed by atoms with E-state index in [4.69, 9.17) is 18.9 Å². The minimum absolute atomic E-state index is 0.0606. The molecule has 12 nitrogen and oxygen atoms in total. The molecule has 12 heteroatoms. The van der Waals surface area contributed by atoms with Crippen LogP contribution in [0.25, 0.3) is 11.2 Å². The van der Waals surface area contributed by atoms with E-state index < -0.39 is 59.8 Å². The Balaban J connectivity index is 2.03. The summed E-state index contributed by atoms with van der Waals surface area (Å²) in [6.07, 6.45) is -1.64. The molecule has 0 amide bonds. The topological polar surface area (TPSA) is 152 Å². The van der Waals surface area contributed by atoms with Gasteiger partial charge < -0.3 is 23.9 Å². The Morgan fingerprint density at radius 1 is 0.971 bits per heavy atom. The Labute approximate surface area is 195 Å². The second-order valence-corrected chi connectivity index (χ2v) is 9.02. The number of hydrogen-bond donors (Lipinski definition) is 1. The number of carbonyl (C=O) groups is 3. The molecule has 34 heavy (non-hydrogen) atoms. The molecule has 4 atom stereocenters. The molecule has 1 aliphatic heterocycles. The van der Waals surface area contributed by atoms with Crippen molar-refractivity contribution in [2.45, 2.75) is 66.1 Å². The van der Waals surface area contributed by atoms with Gasteiger partial charge >= 0.3 is 17.9 Å². The third-order valence-corrected chi connectivity index (χ3v) is 5.23. The van der Waals surface area contributed by atoms with Crippen LogP contribution in [0.4, 0.5) is 0 Å². The Kier molecular flexibility index (Phi) is 7.70. The first-order valence-corrected chi connectivity index (χ1v) is 11.1. The van der Waals surface area contributed by atoms with E-state index in [9.17, 15) is 19.2 Å². The first-order valence-electron chi connectivity index (χ1n) is 11.1. The van der Waals surface area contributed by atoms with Gasteiger partial charge in [-0.15, -0.1) is 0 Å². The molecule has 1 fully saturated rings. The Morgan fingerprint density at radius 3 is 2.15 bits per heavy atom. The van der Waals surface area contributed by atoms with Gasteiger partial charge in [0.1, 0.15) is 12.7 Å². The minimum Gasteiger partial charge on any atom is -0.463 e. The van der Waals surface area contributed by atoms with Gasteiger partial charge in [-0.25, -0.2) is 9.97 Å². The second kappa shape index (κ2) is 10.3. The molecule has 1 aliphatic rings. The summed E-state index contributed by atoms with van der Waals surface area (Å²) < 4.78 is 24.3. The van der Waals surface area contributed by atoms with Crippen molar-refractivity contribution in [3.8, 4) is 0 Å². The van der Waals surface area contributed by atoms with Crippen LogP contribution in [-0.2, 0) is 33.3 Å². The highest BCUT2D eigenvalue weighted by Crippen LogP contribution is 2.36. The number of nitrogens with zero attached hydrogens (tertiary/aromatic N) is 3. The molecule has 186 valence electrons. The van der Waals surface area contributed by atoms with Crippen LogP contribution >= 0.6 is 0 Å². The van der Waals surface area contributed by atoms with E-state index >= 15 is 0 Å². The fraction of sp³-hybridized carbons (Fsp3) is 0.636. The summed E-state index contributed by atoms with van der Waals surface area (Å²) in [5.74, 6) is -2.85. The van der Waals surface area contributed by atoms with E-state index in [0.717, 1.165) is 0 Å². The van der Waals surface area contributed by atoms with Gasteiger partial charge in [-0.2, -0.15) is 0 Å². The van der Waals surface area contributed by atoms with Crippen molar-refractivity contribution in [3.05, 3.63) is 23.0 Å². The van der Waals surface area contributed by atoms with Crippen LogP contribution in [0.15, 0.2) is 17.4 Å². The van der Waals surface area contributed by atoms with Crippen LogP contribution in [-0.4, -0.2) is 62.3 Å². The lowest BCUT2D eigenvalue weighted by molar-refractivity contribution is -0.173. The normalized spacial score (nSPS) is 22.5. The first-order chi connectivity index (χ1) is 16.0. The van der Waals surface area contributed by atoms with Crippen molar-refractivity contribution in [2.24, 2.45) is 17.8 Å². The van der Waals surface area contributed by atoms with Gasteiger partial charge in [-0.3, -0.25) is 23.7 Å². The summed E-state index contributed by atoms with van der Waals surface area (Å²) in [6, 6.07) is 0. The van der Waals surface area contributed by atoms with E-state index in [1.807, 2.05) is 0 Å². The van der Waals surface area contributed by atoms with Gasteiger partial charge in [0.25, 0.3) is 5.56 Å². The number of fused-ring (bicyclic) bond motifs is 1. The molecule has 0 aromatic carbocycles. The molecule has 0 bridgehead atoms. The molecule has 0 radical (unpaired) electrons. The molecular formula is C22H30N4O8. The van der Waals surface area contributed by atoms with Crippen molar-refractivity contribution in [1.82, 2.24) is 19.5 Å². The number of aromatic nitrogens is 4. The molecule has 2 aromatic rings.